The molecule has 4 saturated heterocycles. The second kappa shape index (κ2) is 47.8. The predicted molar refractivity (Wildman–Crippen MR) is 475 cm³/mol. The molecule has 0 bridgehead atoms. The first-order chi connectivity index (χ1) is 59.1. The van der Waals surface area contributed by atoms with E-state index in [1.807, 2.05) is 6.92 Å². The number of thiol groups is 5. The van der Waals surface area contributed by atoms with Gasteiger partial charge in [-0.15, -0.1) is 0 Å². The number of nitrogens with one attached hydrogen (secondary N) is 4. The zero-order valence-electron chi connectivity index (χ0n) is 69.1. The number of imidazole rings is 1. The first-order valence-corrected chi connectivity index (χ1v) is 53.6. The molecular weight excluding hydrogens is 1830 g/mol. The fourth-order valence-corrected chi connectivity index (χ4v) is 25.4. The molecule has 0 spiro atoms. The van der Waals surface area contributed by atoms with Crippen LogP contribution >= 0.6 is 97.0 Å². The van der Waals surface area contributed by atoms with Gasteiger partial charge < -0.3 is 0 Å². The number of aromatic amines is 4. The summed E-state index contributed by atoms with van der Waals surface area (Å²) in [5.74, 6) is -0.0566. The Balaban J connectivity index is 1.07. The van der Waals surface area contributed by atoms with Crippen molar-refractivity contribution in [2.75, 3.05) is 140 Å². The van der Waals surface area contributed by atoms with Crippen LogP contribution in [0.2, 0.25) is 0 Å². The van der Waals surface area contributed by atoms with Gasteiger partial charge >= 0.3 is 744 Å². The Kier molecular flexibility index (Phi) is 39.3. The van der Waals surface area contributed by atoms with Crippen LogP contribution in [0.3, 0.4) is 0 Å². The zero-order chi connectivity index (χ0) is 90.3. The fourth-order valence-electron chi connectivity index (χ4n) is 12.8. The Morgan fingerprint density at radius 3 is 1.30 bits per heavy atom. The van der Waals surface area contributed by atoms with E-state index >= 15 is 0 Å². The summed E-state index contributed by atoms with van der Waals surface area (Å²) in [5.41, 5.74) is -5.19. The number of aryl methyl sites for hydroxylation is 3. The van der Waals surface area contributed by atoms with E-state index in [0.717, 1.165) is 13.7 Å². The number of fused-ring (bicyclic) bond motifs is 1. The molecule has 4 N–H and O–H groups in total. The van der Waals surface area contributed by atoms with Crippen LogP contribution in [0.25, 0.3) is 35.4 Å². The molecule has 2 unspecified atom stereocenters. The van der Waals surface area contributed by atoms with Crippen LogP contribution in [-0.4, -0.2) is 267 Å². The second-order valence-electron chi connectivity index (χ2n) is 28.2. The SMILES string of the molecule is [C-]#[N+]CCO[PH](S)(OC[C@H]1O[C@@H](n2cnc3c(=O)[nH]c(/N=C/N(C)C)nc32)C[C@H]1O[PH](S)(OCC[N+]#[C-])OC[C@H]1O[C@@H](n2cc(C)c(=O)[nH]c2=O)C[C@H]1O[PH](S)(OCC[N+]#[C-])OC[C@H]1O[C@@H](n2cc(C)c(=O)[nH]c2=O)C(OC)[C@H]1O[PH](S)(OCC[N+]#[C-])OC[C@H]1O[C@@H](n2cc(C)c(=O)[nH]c2=O)C(OC)[C@H]1O[PH](S)(OCCCOCC)OCC[N+]#[C-])OC(C)C. The van der Waals surface area contributed by atoms with Gasteiger partial charge in [0, 0.05) is 0 Å². The standard InChI is InChI=1S/C68H104N17O29P5S5/c1-16-95-23-17-24-96-115(120,97-25-18-69-7)113-54-50(109-63(56(54)93-14)83-33-43(5)60(87)79-67(83)91)38-105-119(124,101-29-22-73-11)114-55-49(108-64(57(55)94-15)84-34-44(6)61(88)80-68(84)92)37-104-118(123,100-28-21-72-10)111-45-30-51(82-32-42(4)59(86)78-66(82)90)106-47(45)36-103-117(122,99-27-20-71-9)112-46-31-52(107-48(46)35-102-116(121,110-41(2)3)98-26-19-70-8)85-40-74-53-58(85)76-65(77-62(53)89)75-39-81(12)13/h32-34,39-41,45-52,54-57,63-64,115-124H,16-31,35-38H2,1-6,12-15H3,(H,76,77,89)(H,78,86,90)(H,79,87,91)(H,80,88,92)/b75-39+/t45-,46-,47-,48-,49-,50-,51-,52-,54+,55+,56?,57?,63-,64-/m1/s1. The minimum atomic E-state index is -4.79. The van der Waals surface area contributed by atoms with Crippen molar-refractivity contribution in [2.45, 2.75) is 153 Å². The first kappa shape index (κ1) is 102. The van der Waals surface area contributed by atoms with E-state index in [0.29, 0.717) is 19.6 Å². The third-order valence-electron chi connectivity index (χ3n) is 18.5. The quantitative estimate of drug-likeness (QED) is 0.00524. The number of ether oxygens (including phenoxy) is 7. The van der Waals surface area contributed by atoms with Gasteiger partial charge in [-0.3, -0.25) is 0 Å². The molecule has 14 atom stereocenters. The molecule has 5 aromatic rings. The molecule has 9 rings (SSSR count). The normalized spacial score (nSPS) is 23.8. The van der Waals surface area contributed by atoms with Gasteiger partial charge in [0.15, 0.2) is 0 Å². The number of aromatic nitrogens is 10. The monoisotopic (exact) mass is 1940 g/mol. The van der Waals surface area contributed by atoms with Crippen molar-refractivity contribution in [2.24, 2.45) is 4.99 Å². The van der Waals surface area contributed by atoms with Gasteiger partial charge in [0.25, 0.3) is 0 Å². The van der Waals surface area contributed by atoms with Crippen LogP contribution in [-0.2, 0) is 101 Å². The van der Waals surface area contributed by atoms with Gasteiger partial charge in [-0.25, -0.2) is 0 Å². The maximum atomic E-state index is 14.0. The molecule has 4 aliphatic heterocycles. The van der Waals surface area contributed by atoms with E-state index in [2.05, 4.69) is 59.1 Å². The molecule has 9 heterocycles. The molecule has 0 amide bonds. The van der Waals surface area contributed by atoms with Gasteiger partial charge in [-0.05, 0) is 0 Å². The van der Waals surface area contributed by atoms with Crippen molar-refractivity contribution >= 4 is 120 Å². The molecule has 56 heteroatoms. The van der Waals surface area contributed by atoms with E-state index in [1.54, 1.807) is 32.8 Å². The molecule has 124 heavy (non-hydrogen) atoms. The number of aliphatic imine (C=N–C) groups is 1. The summed E-state index contributed by atoms with van der Waals surface area (Å²) in [5, 5.41) is 0. The average molecular weight is 1940 g/mol. The van der Waals surface area contributed by atoms with Crippen molar-refractivity contribution in [3.05, 3.63) is 172 Å². The fraction of sp³-hybridized carbons (Fsp3) is 0.662. The third kappa shape index (κ3) is 27.9. The summed E-state index contributed by atoms with van der Waals surface area (Å²) in [6.07, 6.45) is -12.6. The molecule has 690 valence electrons. The van der Waals surface area contributed by atoms with Crippen LogP contribution < -0.4 is 39.3 Å². The van der Waals surface area contributed by atoms with Crippen LogP contribution in [0.5, 0.6) is 0 Å². The molecule has 0 radical (unpaired) electrons. The van der Waals surface area contributed by atoms with Crippen LogP contribution in [0.1, 0.15) is 81.6 Å². The van der Waals surface area contributed by atoms with Crippen molar-refractivity contribution in [3.8, 4) is 0 Å². The van der Waals surface area contributed by atoms with Crippen molar-refractivity contribution in [1.29, 1.82) is 0 Å². The predicted octanol–water partition coefficient (Wildman–Crippen LogP) is 6.17. The molecule has 0 saturated carbocycles. The Bertz CT molecular complexity index is 5110. The summed E-state index contributed by atoms with van der Waals surface area (Å²) in [6, 6.07) is 0. The van der Waals surface area contributed by atoms with Gasteiger partial charge in [0.05, 0.1) is 0 Å². The van der Waals surface area contributed by atoms with E-state index in [1.165, 1.54) is 70.8 Å². The van der Waals surface area contributed by atoms with Crippen molar-refractivity contribution in [3.63, 3.8) is 0 Å². The molecule has 0 aromatic carbocycles. The van der Waals surface area contributed by atoms with E-state index in [4.69, 9.17) is 195 Å². The third-order valence-corrected chi connectivity index (χ3v) is 32.7. The van der Waals surface area contributed by atoms with E-state index < -0.39 is 200 Å². The molecule has 4 aliphatic rings. The van der Waals surface area contributed by atoms with Crippen molar-refractivity contribution < 1.29 is 101 Å². The molecule has 5 aromatic heterocycles. The van der Waals surface area contributed by atoms with Gasteiger partial charge in [-0.1, -0.05) is 0 Å². The second-order valence-corrected chi connectivity index (χ2v) is 45.7. The molecule has 46 nitrogen and oxygen atoms in total. The minimum absolute atomic E-state index is 0.00344. The number of rotatable bonds is 51. The summed E-state index contributed by atoms with van der Waals surface area (Å²) in [6.45, 7) is 43.8. The van der Waals surface area contributed by atoms with Crippen LogP contribution in [0.15, 0.2) is 63.5 Å². The number of H-pyrrole nitrogens is 4. The van der Waals surface area contributed by atoms with Crippen LogP contribution in [0, 0.1) is 53.6 Å². The molecular formula is C68H104N17O29P5S5. The van der Waals surface area contributed by atoms with E-state index in [-0.39, 0.29) is 112 Å². The molecule has 4 fully saturated rings. The summed E-state index contributed by atoms with van der Waals surface area (Å²) >= 11 is 24.7. The summed E-state index contributed by atoms with van der Waals surface area (Å²) < 4.78 is 147. The maximum absolute atomic E-state index is 14.0. The van der Waals surface area contributed by atoms with Gasteiger partial charge in [-0.2, -0.15) is 0 Å². The number of methoxy groups -OCH3 is 2. The summed E-state index contributed by atoms with van der Waals surface area (Å²) in [4.78, 5) is 135. The van der Waals surface area contributed by atoms with Gasteiger partial charge in [0.2, 0.25) is 0 Å². The first-order valence-electron chi connectivity index (χ1n) is 38.6. The Morgan fingerprint density at radius 2 is 0.887 bits per heavy atom. The number of hydrogen-bond acceptors (Lipinski definition) is 37. The van der Waals surface area contributed by atoms with Crippen molar-refractivity contribution in [1.82, 2.24) is 53.1 Å². The Labute approximate surface area is 739 Å². The van der Waals surface area contributed by atoms with E-state index in [9.17, 15) is 33.6 Å². The Morgan fingerprint density at radius 1 is 0.508 bits per heavy atom. The average Bonchev–Trinajstić information content (AvgIpc) is 1.63. The number of nitrogens with zero attached hydrogens (tertiary/aromatic N) is 13. The number of hydrogen-bond donors (Lipinski definition) is 9. The molecule has 0 aliphatic carbocycles. The summed E-state index contributed by atoms with van der Waals surface area (Å²) in [7, 11) is -16.3. The van der Waals surface area contributed by atoms with Gasteiger partial charge in [0.1, 0.15) is 0 Å². The van der Waals surface area contributed by atoms with Crippen LogP contribution in [0.4, 0.5) is 5.95 Å². The Hall–Kier alpha value is -5.67. The topological polar surface area (TPSA) is 469 Å². The zero-order valence-corrected chi connectivity index (χ0v) is 78.6.